The van der Waals surface area contributed by atoms with Crippen molar-refractivity contribution in [2.75, 3.05) is 13.1 Å². The van der Waals surface area contributed by atoms with Gasteiger partial charge in [-0.1, -0.05) is 30.3 Å². The molecule has 2 aliphatic heterocycles. The molecule has 162 valence electrons. The Balaban J connectivity index is 1.50. The van der Waals surface area contributed by atoms with Gasteiger partial charge in [-0.2, -0.15) is 0 Å². The minimum atomic E-state index is -3.43. The summed E-state index contributed by atoms with van der Waals surface area (Å²) in [5.74, 6) is 0.606. The van der Waals surface area contributed by atoms with Crippen molar-refractivity contribution >= 4 is 15.9 Å². The van der Waals surface area contributed by atoms with Crippen LogP contribution < -0.4 is 5.32 Å². The van der Waals surface area contributed by atoms with Gasteiger partial charge in [-0.25, -0.2) is 17.7 Å². The zero-order valence-corrected chi connectivity index (χ0v) is 18.1. The molecule has 1 atom stereocenters. The molecule has 1 amide bonds. The lowest BCUT2D eigenvalue weighted by Gasteiger charge is -2.45. The number of hydrogen-bond donors (Lipinski definition) is 1. The fourth-order valence-electron chi connectivity index (χ4n) is 4.25. The van der Waals surface area contributed by atoms with Crippen LogP contribution in [0.2, 0.25) is 0 Å². The maximum atomic E-state index is 12.9. The van der Waals surface area contributed by atoms with Gasteiger partial charge < -0.3 is 14.6 Å². The van der Waals surface area contributed by atoms with Crippen LogP contribution in [0.5, 0.6) is 0 Å². The van der Waals surface area contributed by atoms with Crippen LogP contribution in [-0.4, -0.2) is 53.4 Å². The van der Waals surface area contributed by atoms with Crippen molar-refractivity contribution in [3.63, 3.8) is 0 Å². The molecule has 3 heterocycles. The molecule has 0 bridgehead atoms. The summed E-state index contributed by atoms with van der Waals surface area (Å²) in [6.45, 7) is 4.90. The van der Waals surface area contributed by atoms with E-state index in [9.17, 15) is 13.2 Å². The van der Waals surface area contributed by atoms with Crippen molar-refractivity contribution in [1.29, 1.82) is 0 Å². The zero-order valence-electron chi connectivity index (χ0n) is 17.3. The van der Waals surface area contributed by atoms with E-state index >= 15 is 0 Å². The predicted molar refractivity (Wildman–Crippen MR) is 112 cm³/mol. The predicted octanol–water partition coefficient (Wildman–Crippen LogP) is 1.63. The highest BCUT2D eigenvalue weighted by molar-refractivity contribution is 7.88. The summed E-state index contributed by atoms with van der Waals surface area (Å²) in [5, 5.41) is 2.91. The SMILES string of the molecule is CC(C)NC(=O)[C@@H]1Cn2ccnc2C2(CCN(S(=O)(=O)Cc3ccccc3)CC2)O1. The van der Waals surface area contributed by atoms with Crippen molar-refractivity contribution in [2.45, 2.75) is 56.7 Å². The number of nitrogens with one attached hydrogen (secondary N) is 1. The molecule has 0 aliphatic carbocycles. The average Bonchev–Trinajstić information content (AvgIpc) is 3.18. The molecule has 1 aromatic heterocycles. The van der Waals surface area contributed by atoms with E-state index in [1.807, 2.05) is 54.9 Å². The first-order valence-electron chi connectivity index (χ1n) is 10.3. The number of aromatic nitrogens is 2. The molecular weight excluding hydrogens is 404 g/mol. The molecule has 4 rings (SSSR count). The first-order chi connectivity index (χ1) is 14.3. The van der Waals surface area contributed by atoms with Crippen LogP contribution in [0.3, 0.4) is 0 Å². The van der Waals surface area contributed by atoms with E-state index < -0.39 is 21.7 Å². The summed E-state index contributed by atoms with van der Waals surface area (Å²) in [4.78, 5) is 17.1. The summed E-state index contributed by atoms with van der Waals surface area (Å²) in [6.07, 6.45) is 3.87. The lowest BCUT2D eigenvalue weighted by molar-refractivity contribution is -0.171. The largest absolute Gasteiger partial charge is 0.352 e. The Labute approximate surface area is 177 Å². The third kappa shape index (κ3) is 4.14. The Bertz CT molecular complexity index is 995. The van der Waals surface area contributed by atoms with E-state index in [0.717, 1.165) is 11.4 Å². The normalized spacial score (nSPS) is 21.5. The summed E-state index contributed by atoms with van der Waals surface area (Å²) < 4.78 is 35.6. The second-order valence-corrected chi connectivity index (χ2v) is 10.3. The van der Waals surface area contributed by atoms with Gasteiger partial charge in [0.2, 0.25) is 10.0 Å². The number of fused-ring (bicyclic) bond motifs is 2. The molecule has 8 nitrogen and oxygen atoms in total. The van der Waals surface area contributed by atoms with Gasteiger partial charge in [0.05, 0.1) is 12.3 Å². The van der Waals surface area contributed by atoms with Gasteiger partial charge in [0, 0.05) is 31.5 Å². The molecule has 0 saturated carbocycles. The Kier molecular flexibility index (Phi) is 5.69. The number of piperidine rings is 1. The molecule has 1 fully saturated rings. The molecule has 1 spiro atoms. The number of carbonyl (C=O) groups is 1. The molecule has 1 aromatic carbocycles. The van der Waals surface area contributed by atoms with Crippen molar-refractivity contribution in [1.82, 2.24) is 19.2 Å². The Morgan fingerprint density at radius 2 is 1.97 bits per heavy atom. The highest BCUT2D eigenvalue weighted by atomic mass is 32.2. The second kappa shape index (κ2) is 8.13. The Morgan fingerprint density at radius 1 is 1.27 bits per heavy atom. The van der Waals surface area contributed by atoms with Crippen molar-refractivity contribution in [3.05, 3.63) is 54.1 Å². The number of nitrogens with zero attached hydrogens (tertiary/aromatic N) is 3. The molecule has 9 heteroatoms. The van der Waals surface area contributed by atoms with Gasteiger partial charge in [0.25, 0.3) is 5.91 Å². The fraction of sp³-hybridized carbons (Fsp3) is 0.524. The van der Waals surface area contributed by atoms with Gasteiger partial charge in [0.1, 0.15) is 11.4 Å². The van der Waals surface area contributed by atoms with Crippen molar-refractivity contribution in [3.8, 4) is 0 Å². The number of carbonyl (C=O) groups excluding carboxylic acids is 1. The van der Waals surface area contributed by atoms with Crippen LogP contribution >= 0.6 is 0 Å². The number of benzene rings is 1. The summed E-state index contributed by atoms with van der Waals surface area (Å²) >= 11 is 0. The standard InChI is InChI=1S/C21H28N4O4S/c1-16(2)23-19(26)18-14-24-13-10-22-20(24)21(29-18)8-11-25(12-9-21)30(27,28)15-17-6-4-3-5-7-17/h3-7,10,13,16,18H,8-9,11-12,14-15H2,1-2H3,(H,23,26)/t18-/m0/s1. The number of ether oxygens (including phenoxy) is 1. The number of sulfonamides is 1. The van der Waals surface area contributed by atoms with Crippen LogP contribution in [0, 0.1) is 0 Å². The molecule has 30 heavy (non-hydrogen) atoms. The second-order valence-electron chi connectivity index (χ2n) is 8.31. The molecule has 0 unspecified atom stereocenters. The Morgan fingerprint density at radius 3 is 2.63 bits per heavy atom. The van der Waals surface area contributed by atoms with E-state index in [1.165, 1.54) is 4.31 Å². The van der Waals surface area contributed by atoms with E-state index in [4.69, 9.17) is 4.74 Å². The molecule has 0 radical (unpaired) electrons. The maximum Gasteiger partial charge on any atom is 0.251 e. The zero-order chi connectivity index (χ0) is 21.4. The topological polar surface area (TPSA) is 93.5 Å². The van der Waals surface area contributed by atoms with Crippen molar-refractivity contribution < 1.29 is 17.9 Å². The highest BCUT2D eigenvalue weighted by Gasteiger charge is 2.48. The van der Waals surface area contributed by atoms with Gasteiger partial charge in [-0.15, -0.1) is 0 Å². The van der Waals surface area contributed by atoms with Crippen LogP contribution in [0.25, 0.3) is 0 Å². The van der Waals surface area contributed by atoms with E-state index in [1.54, 1.807) is 6.20 Å². The Hall–Kier alpha value is -2.23. The van der Waals surface area contributed by atoms with Gasteiger partial charge in [-0.05, 0) is 32.3 Å². The first-order valence-corrected chi connectivity index (χ1v) is 11.9. The molecule has 2 aliphatic rings. The highest BCUT2D eigenvalue weighted by Crippen LogP contribution is 2.40. The van der Waals surface area contributed by atoms with Gasteiger partial charge in [0.15, 0.2) is 6.10 Å². The van der Waals surface area contributed by atoms with Crippen LogP contribution in [0.15, 0.2) is 42.7 Å². The number of amides is 1. The number of rotatable bonds is 5. The number of imidazole rings is 1. The van der Waals surface area contributed by atoms with E-state index in [0.29, 0.717) is 32.5 Å². The van der Waals surface area contributed by atoms with Crippen LogP contribution in [-0.2, 0) is 37.5 Å². The smallest absolute Gasteiger partial charge is 0.251 e. The van der Waals surface area contributed by atoms with E-state index in [-0.39, 0.29) is 17.7 Å². The lowest BCUT2D eigenvalue weighted by atomic mass is 9.89. The fourth-order valence-corrected chi connectivity index (χ4v) is 5.79. The lowest BCUT2D eigenvalue weighted by Crippen LogP contribution is -2.55. The van der Waals surface area contributed by atoms with Crippen molar-refractivity contribution in [2.24, 2.45) is 0 Å². The third-order valence-electron chi connectivity index (χ3n) is 5.69. The van der Waals surface area contributed by atoms with E-state index in [2.05, 4.69) is 10.3 Å². The molecule has 1 N–H and O–H groups in total. The monoisotopic (exact) mass is 432 g/mol. The number of hydrogen-bond acceptors (Lipinski definition) is 5. The molecule has 2 aromatic rings. The minimum absolute atomic E-state index is 0.0181. The van der Waals surface area contributed by atoms with Crippen LogP contribution in [0.1, 0.15) is 38.1 Å². The molecule has 1 saturated heterocycles. The average molecular weight is 433 g/mol. The summed E-state index contributed by atoms with van der Waals surface area (Å²) in [5.41, 5.74) is 0.0205. The minimum Gasteiger partial charge on any atom is -0.352 e. The summed E-state index contributed by atoms with van der Waals surface area (Å²) in [6, 6.07) is 9.22. The quantitative estimate of drug-likeness (QED) is 0.775. The van der Waals surface area contributed by atoms with Gasteiger partial charge in [-0.3, -0.25) is 4.79 Å². The maximum absolute atomic E-state index is 12.9. The first kappa shape index (κ1) is 21.0. The van der Waals surface area contributed by atoms with Crippen LogP contribution in [0.4, 0.5) is 0 Å². The molecular formula is C21H28N4O4S. The third-order valence-corrected chi connectivity index (χ3v) is 7.54. The summed E-state index contributed by atoms with van der Waals surface area (Å²) in [7, 11) is -3.43. The van der Waals surface area contributed by atoms with Gasteiger partial charge >= 0.3 is 0 Å².